The predicted octanol–water partition coefficient (Wildman–Crippen LogP) is 2.11. The van der Waals surface area contributed by atoms with Crippen LogP contribution in [0, 0.1) is 6.92 Å². The average Bonchev–Trinajstić information content (AvgIpc) is 2.72. The van der Waals surface area contributed by atoms with Gasteiger partial charge in [0.1, 0.15) is 11.4 Å². The van der Waals surface area contributed by atoms with E-state index in [4.69, 9.17) is 4.74 Å². The summed E-state index contributed by atoms with van der Waals surface area (Å²) < 4.78 is 5.37. The molecular formula is C13H17N3O. The lowest BCUT2D eigenvalue weighted by molar-refractivity contribution is 0.416. The summed E-state index contributed by atoms with van der Waals surface area (Å²) in [7, 11) is 3.61. The lowest BCUT2D eigenvalue weighted by atomic mass is 10.1. The molecule has 0 unspecified atom stereocenters. The maximum Gasteiger partial charge on any atom is 0.128 e. The number of aromatic nitrogens is 2. The first kappa shape index (κ1) is 11.7. The SMILES string of the molecule is CNCc1c(-c2ccccc2OC)n[nH]c1C. The number of benzene rings is 1. The Morgan fingerprint density at radius 3 is 2.82 bits per heavy atom. The third kappa shape index (κ3) is 2.17. The average molecular weight is 231 g/mol. The molecule has 0 saturated heterocycles. The van der Waals surface area contributed by atoms with Gasteiger partial charge in [-0.25, -0.2) is 0 Å². The number of methoxy groups -OCH3 is 1. The summed E-state index contributed by atoms with van der Waals surface area (Å²) in [5, 5.41) is 10.6. The Morgan fingerprint density at radius 2 is 2.12 bits per heavy atom. The minimum Gasteiger partial charge on any atom is -0.496 e. The number of nitrogens with zero attached hydrogens (tertiary/aromatic N) is 1. The lowest BCUT2D eigenvalue weighted by Crippen LogP contribution is -2.06. The standard InChI is InChI=1S/C13H17N3O/c1-9-11(8-14-2)13(16-15-9)10-6-4-5-7-12(10)17-3/h4-7,14H,8H2,1-3H3,(H,15,16). The summed E-state index contributed by atoms with van der Waals surface area (Å²) in [6.07, 6.45) is 0. The number of aromatic amines is 1. The molecule has 17 heavy (non-hydrogen) atoms. The van der Waals surface area contributed by atoms with Gasteiger partial charge < -0.3 is 10.1 Å². The van der Waals surface area contributed by atoms with Gasteiger partial charge in [-0.1, -0.05) is 12.1 Å². The first-order chi connectivity index (χ1) is 8.27. The van der Waals surface area contributed by atoms with Crippen molar-refractivity contribution in [2.24, 2.45) is 0 Å². The Hall–Kier alpha value is -1.81. The molecule has 0 radical (unpaired) electrons. The third-order valence-corrected chi connectivity index (χ3v) is 2.79. The third-order valence-electron chi connectivity index (χ3n) is 2.79. The van der Waals surface area contributed by atoms with Crippen molar-refractivity contribution in [1.82, 2.24) is 15.5 Å². The number of aryl methyl sites for hydroxylation is 1. The number of rotatable bonds is 4. The predicted molar refractivity (Wildman–Crippen MR) is 68.1 cm³/mol. The van der Waals surface area contributed by atoms with E-state index in [9.17, 15) is 0 Å². The molecule has 0 atom stereocenters. The van der Waals surface area contributed by atoms with Crippen molar-refractivity contribution in [3.63, 3.8) is 0 Å². The summed E-state index contributed by atoms with van der Waals surface area (Å²) in [4.78, 5) is 0. The van der Waals surface area contributed by atoms with Gasteiger partial charge in [-0.2, -0.15) is 5.10 Å². The molecule has 1 aromatic carbocycles. The first-order valence-corrected chi connectivity index (χ1v) is 5.59. The van der Waals surface area contributed by atoms with Gasteiger partial charge in [0.15, 0.2) is 0 Å². The van der Waals surface area contributed by atoms with Crippen molar-refractivity contribution in [1.29, 1.82) is 0 Å². The van der Waals surface area contributed by atoms with Gasteiger partial charge in [-0.3, -0.25) is 5.10 Å². The van der Waals surface area contributed by atoms with E-state index < -0.39 is 0 Å². The monoisotopic (exact) mass is 231 g/mol. The summed E-state index contributed by atoms with van der Waals surface area (Å²) in [5.41, 5.74) is 4.23. The Kier molecular flexibility index (Phi) is 3.44. The smallest absolute Gasteiger partial charge is 0.128 e. The fourth-order valence-corrected chi connectivity index (χ4v) is 1.91. The Bertz CT molecular complexity index is 505. The molecule has 2 rings (SSSR count). The minimum atomic E-state index is 0.787. The van der Waals surface area contributed by atoms with Crippen molar-refractivity contribution >= 4 is 0 Å². The van der Waals surface area contributed by atoms with E-state index in [0.29, 0.717) is 0 Å². The number of hydrogen-bond acceptors (Lipinski definition) is 3. The molecule has 0 aliphatic heterocycles. The van der Waals surface area contributed by atoms with Crippen LogP contribution in [0.3, 0.4) is 0 Å². The van der Waals surface area contributed by atoms with Crippen LogP contribution < -0.4 is 10.1 Å². The minimum absolute atomic E-state index is 0.787. The topological polar surface area (TPSA) is 49.9 Å². The zero-order chi connectivity index (χ0) is 12.3. The molecular weight excluding hydrogens is 214 g/mol. The Labute approximate surface area is 101 Å². The highest BCUT2D eigenvalue weighted by atomic mass is 16.5. The summed E-state index contributed by atoms with van der Waals surface area (Å²) in [6.45, 7) is 2.81. The van der Waals surface area contributed by atoms with Crippen LogP contribution in [0.1, 0.15) is 11.3 Å². The molecule has 0 aliphatic rings. The van der Waals surface area contributed by atoms with Crippen LogP contribution in [0.4, 0.5) is 0 Å². The fourth-order valence-electron chi connectivity index (χ4n) is 1.91. The zero-order valence-electron chi connectivity index (χ0n) is 10.4. The van der Waals surface area contributed by atoms with Crippen molar-refractivity contribution < 1.29 is 4.74 Å². The second-order valence-electron chi connectivity index (χ2n) is 3.91. The van der Waals surface area contributed by atoms with Gasteiger partial charge in [0.25, 0.3) is 0 Å². The summed E-state index contributed by atoms with van der Waals surface area (Å²) in [5.74, 6) is 0.844. The van der Waals surface area contributed by atoms with Gasteiger partial charge in [0, 0.05) is 23.4 Å². The van der Waals surface area contributed by atoms with Gasteiger partial charge in [0.05, 0.1) is 7.11 Å². The van der Waals surface area contributed by atoms with E-state index in [-0.39, 0.29) is 0 Å². The highest BCUT2D eigenvalue weighted by Gasteiger charge is 2.14. The lowest BCUT2D eigenvalue weighted by Gasteiger charge is -2.08. The Balaban J connectivity index is 2.52. The van der Waals surface area contributed by atoms with E-state index >= 15 is 0 Å². The van der Waals surface area contributed by atoms with Gasteiger partial charge in [-0.15, -0.1) is 0 Å². The van der Waals surface area contributed by atoms with Crippen LogP contribution in [0.5, 0.6) is 5.75 Å². The molecule has 1 heterocycles. The molecule has 0 amide bonds. The molecule has 0 saturated carbocycles. The molecule has 0 bridgehead atoms. The van der Waals surface area contributed by atoms with Crippen LogP contribution >= 0.6 is 0 Å². The molecule has 4 heteroatoms. The van der Waals surface area contributed by atoms with Crippen LogP contribution in [0.2, 0.25) is 0 Å². The van der Waals surface area contributed by atoms with Crippen molar-refractivity contribution in [3.8, 4) is 17.0 Å². The van der Waals surface area contributed by atoms with Crippen molar-refractivity contribution in [2.75, 3.05) is 14.2 Å². The molecule has 0 spiro atoms. The maximum absolute atomic E-state index is 5.37. The zero-order valence-corrected chi connectivity index (χ0v) is 10.4. The molecule has 90 valence electrons. The number of H-pyrrole nitrogens is 1. The summed E-state index contributed by atoms with van der Waals surface area (Å²) >= 11 is 0. The van der Waals surface area contributed by atoms with Crippen LogP contribution in [-0.2, 0) is 6.54 Å². The number of ether oxygens (including phenoxy) is 1. The molecule has 0 aliphatic carbocycles. The molecule has 2 N–H and O–H groups in total. The fraction of sp³-hybridized carbons (Fsp3) is 0.308. The summed E-state index contributed by atoms with van der Waals surface area (Å²) in [6, 6.07) is 7.92. The van der Waals surface area contributed by atoms with Crippen LogP contribution in [0.25, 0.3) is 11.3 Å². The van der Waals surface area contributed by atoms with Gasteiger partial charge >= 0.3 is 0 Å². The second kappa shape index (κ2) is 5.01. The molecule has 2 aromatic rings. The number of para-hydroxylation sites is 1. The van der Waals surface area contributed by atoms with E-state index in [2.05, 4.69) is 15.5 Å². The maximum atomic E-state index is 5.37. The quantitative estimate of drug-likeness (QED) is 0.847. The van der Waals surface area contributed by atoms with Gasteiger partial charge in [-0.05, 0) is 26.1 Å². The Morgan fingerprint density at radius 1 is 1.35 bits per heavy atom. The van der Waals surface area contributed by atoms with E-state index in [1.165, 1.54) is 5.56 Å². The van der Waals surface area contributed by atoms with Crippen LogP contribution in [-0.4, -0.2) is 24.4 Å². The normalized spacial score (nSPS) is 10.5. The van der Waals surface area contributed by atoms with Crippen molar-refractivity contribution in [2.45, 2.75) is 13.5 Å². The largest absolute Gasteiger partial charge is 0.496 e. The van der Waals surface area contributed by atoms with Crippen molar-refractivity contribution in [3.05, 3.63) is 35.5 Å². The van der Waals surface area contributed by atoms with Gasteiger partial charge in [0.2, 0.25) is 0 Å². The molecule has 0 fully saturated rings. The second-order valence-corrected chi connectivity index (χ2v) is 3.91. The highest BCUT2D eigenvalue weighted by Crippen LogP contribution is 2.31. The molecule has 1 aromatic heterocycles. The van der Waals surface area contributed by atoms with E-state index in [0.717, 1.165) is 29.2 Å². The van der Waals surface area contributed by atoms with Crippen LogP contribution in [0.15, 0.2) is 24.3 Å². The molecule has 4 nitrogen and oxygen atoms in total. The first-order valence-electron chi connectivity index (χ1n) is 5.59. The highest BCUT2D eigenvalue weighted by molar-refractivity contribution is 5.70. The number of hydrogen-bond donors (Lipinski definition) is 2. The number of nitrogens with one attached hydrogen (secondary N) is 2. The van der Waals surface area contributed by atoms with E-state index in [1.54, 1.807) is 7.11 Å². The van der Waals surface area contributed by atoms with E-state index in [1.807, 2.05) is 38.2 Å².